The Balaban J connectivity index is 1.68. The van der Waals surface area contributed by atoms with Crippen LogP contribution in [0.5, 0.6) is 0 Å². The third-order valence-electron chi connectivity index (χ3n) is 3.46. The van der Waals surface area contributed by atoms with E-state index in [1.807, 2.05) is 11.4 Å². The summed E-state index contributed by atoms with van der Waals surface area (Å²) in [5.74, 6) is 0.00847. The number of thioether (sulfide) groups is 1. The maximum atomic E-state index is 13.1. The van der Waals surface area contributed by atoms with Crippen molar-refractivity contribution in [2.75, 3.05) is 5.75 Å². The van der Waals surface area contributed by atoms with Crippen molar-refractivity contribution in [2.24, 2.45) is 5.73 Å². The SMILES string of the molecule is NC(=O)NC(=O)CCCSc1ncnc2cc(-c3ccc(F)cc3)sc12. The van der Waals surface area contributed by atoms with E-state index in [1.165, 1.54) is 30.2 Å². The van der Waals surface area contributed by atoms with Gasteiger partial charge in [-0.2, -0.15) is 0 Å². The molecule has 134 valence electrons. The second-order valence-corrected chi connectivity index (χ2v) is 7.51. The minimum absolute atomic E-state index is 0.218. The van der Waals surface area contributed by atoms with Gasteiger partial charge in [-0.05, 0) is 30.2 Å². The molecule has 0 saturated carbocycles. The number of urea groups is 1. The van der Waals surface area contributed by atoms with Gasteiger partial charge in [0.05, 0.1) is 10.2 Å². The van der Waals surface area contributed by atoms with Crippen molar-refractivity contribution >= 4 is 45.3 Å². The van der Waals surface area contributed by atoms with Gasteiger partial charge in [-0.3, -0.25) is 10.1 Å². The predicted molar refractivity (Wildman–Crippen MR) is 100 cm³/mol. The molecule has 2 aromatic heterocycles. The van der Waals surface area contributed by atoms with E-state index < -0.39 is 6.03 Å². The zero-order valence-electron chi connectivity index (χ0n) is 13.6. The number of amides is 3. The van der Waals surface area contributed by atoms with Gasteiger partial charge >= 0.3 is 6.03 Å². The third kappa shape index (κ3) is 4.55. The second-order valence-electron chi connectivity index (χ2n) is 5.38. The molecule has 0 aliphatic heterocycles. The fourth-order valence-electron chi connectivity index (χ4n) is 2.29. The molecule has 26 heavy (non-hydrogen) atoms. The molecule has 3 rings (SSSR count). The molecule has 0 atom stereocenters. The van der Waals surface area contributed by atoms with Gasteiger partial charge in [0.15, 0.2) is 0 Å². The molecular formula is C17H15FN4O2S2. The number of halogens is 1. The minimum Gasteiger partial charge on any atom is -0.351 e. The number of thiophene rings is 1. The molecule has 6 nitrogen and oxygen atoms in total. The van der Waals surface area contributed by atoms with E-state index in [9.17, 15) is 14.0 Å². The first kappa shape index (κ1) is 18.3. The van der Waals surface area contributed by atoms with Crippen molar-refractivity contribution < 1.29 is 14.0 Å². The number of primary amides is 1. The Bertz CT molecular complexity index is 944. The van der Waals surface area contributed by atoms with Crippen LogP contribution in [0.1, 0.15) is 12.8 Å². The van der Waals surface area contributed by atoms with Crippen LogP contribution in [-0.2, 0) is 4.79 Å². The van der Waals surface area contributed by atoms with Crippen LogP contribution in [0.4, 0.5) is 9.18 Å². The van der Waals surface area contributed by atoms with Crippen LogP contribution in [0.3, 0.4) is 0 Å². The lowest BCUT2D eigenvalue weighted by atomic mass is 10.2. The van der Waals surface area contributed by atoms with Crippen molar-refractivity contribution in [3.8, 4) is 10.4 Å². The normalized spacial score (nSPS) is 10.8. The monoisotopic (exact) mass is 390 g/mol. The molecule has 1 aromatic carbocycles. The molecule has 0 unspecified atom stereocenters. The Morgan fingerprint density at radius 1 is 1.23 bits per heavy atom. The van der Waals surface area contributed by atoms with Gasteiger partial charge in [-0.25, -0.2) is 19.2 Å². The van der Waals surface area contributed by atoms with Crippen molar-refractivity contribution in [3.63, 3.8) is 0 Å². The van der Waals surface area contributed by atoms with Crippen LogP contribution in [0.25, 0.3) is 20.7 Å². The molecule has 0 fully saturated rings. The molecule has 0 aliphatic rings. The van der Waals surface area contributed by atoms with Gasteiger partial charge in [-0.15, -0.1) is 23.1 Å². The summed E-state index contributed by atoms with van der Waals surface area (Å²) < 4.78 is 14.1. The molecule has 2 heterocycles. The van der Waals surface area contributed by atoms with Crippen LogP contribution in [0, 0.1) is 5.82 Å². The van der Waals surface area contributed by atoms with Crippen molar-refractivity contribution in [1.29, 1.82) is 0 Å². The fourth-order valence-corrected chi connectivity index (χ4v) is 4.44. The van der Waals surface area contributed by atoms with Gasteiger partial charge in [0, 0.05) is 17.1 Å². The van der Waals surface area contributed by atoms with E-state index in [2.05, 4.69) is 9.97 Å². The first-order valence-corrected chi connectivity index (χ1v) is 9.55. The highest BCUT2D eigenvalue weighted by molar-refractivity contribution is 7.99. The summed E-state index contributed by atoms with van der Waals surface area (Å²) in [6.07, 6.45) is 2.31. The second kappa shape index (κ2) is 8.24. The summed E-state index contributed by atoms with van der Waals surface area (Å²) in [6.45, 7) is 0. The molecule has 3 N–H and O–H groups in total. The van der Waals surface area contributed by atoms with Gasteiger partial charge in [0.2, 0.25) is 5.91 Å². The zero-order chi connectivity index (χ0) is 18.5. The molecule has 0 saturated heterocycles. The van der Waals surface area contributed by atoms with Gasteiger partial charge in [0.1, 0.15) is 17.2 Å². The number of benzene rings is 1. The van der Waals surface area contributed by atoms with E-state index >= 15 is 0 Å². The number of hydrogen-bond acceptors (Lipinski definition) is 6. The van der Waals surface area contributed by atoms with Crippen molar-refractivity contribution in [2.45, 2.75) is 17.9 Å². The van der Waals surface area contributed by atoms with Crippen molar-refractivity contribution in [1.82, 2.24) is 15.3 Å². The Labute approximate surface area is 157 Å². The lowest BCUT2D eigenvalue weighted by molar-refractivity contribution is -0.119. The van der Waals surface area contributed by atoms with Gasteiger partial charge in [-0.1, -0.05) is 12.1 Å². The number of nitrogens with one attached hydrogen (secondary N) is 1. The summed E-state index contributed by atoms with van der Waals surface area (Å²) in [6, 6.07) is 7.44. The molecule has 0 radical (unpaired) electrons. The molecule has 0 bridgehead atoms. The summed E-state index contributed by atoms with van der Waals surface area (Å²) in [5, 5.41) is 2.87. The van der Waals surface area contributed by atoms with E-state index in [-0.39, 0.29) is 18.1 Å². The van der Waals surface area contributed by atoms with Crippen molar-refractivity contribution in [3.05, 3.63) is 42.5 Å². The number of nitrogens with zero attached hydrogens (tertiary/aromatic N) is 2. The maximum Gasteiger partial charge on any atom is 0.318 e. The van der Waals surface area contributed by atoms with E-state index in [4.69, 9.17) is 5.73 Å². The van der Waals surface area contributed by atoms with Crippen LogP contribution in [0.2, 0.25) is 0 Å². The van der Waals surface area contributed by atoms with Gasteiger partial charge < -0.3 is 5.73 Å². The summed E-state index contributed by atoms with van der Waals surface area (Å²) in [5.41, 5.74) is 6.65. The number of rotatable bonds is 6. The van der Waals surface area contributed by atoms with Crippen LogP contribution in [0.15, 0.2) is 41.7 Å². The summed E-state index contributed by atoms with van der Waals surface area (Å²) in [4.78, 5) is 31.6. The summed E-state index contributed by atoms with van der Waals surface area (Å²) >= 11 is 3.07. The topological polar surface area (TPSA) is 98.0 Å². The molecule has 3 amide bonds. The fraction of sp³-hybridized carbons (Fsp3) is 0.176. The number of imide groups is 1. The Hall–Kier alpha value is -2.52. The third-order valence-corrected chi connectivity index (χ3v) is 5.84. The van der Waals surface area contributed by atoms with Crippen LogP contribution in [-0.4, -0.2) is 27.7 Å². The number of carbonyl (C=O) groups excluding carboxylic acids is 2. The molecule has 0 spiro atoms. The molecule has 3 aromatic rings. The Morgan fingerprint density at radius 2 is 2.00 bits per heavy atom. The largest absolute Gasteiger partial charge is 0.351 e. The standard InChI is InChI=1S/C17H15FN4O2S2/c18-11-5-3-10(4-6-11)13-8-12-15(26-13)16(21-9-20-12)25-7-1-2-14(23)22-17(19)24/h3-6,8-9H,1-2,7H2,(H3,19,22,23,24). The Kier molecular flexibility index (Phi) is 5.79. The number of fused-ring (bicyclic) bond motifs is 1. The molecular weight excluding hydrogens is 375 g/mol. The van der Waals surface area contributed by atoms with E-state index in [0.29, 0.717) is 12.2 Å². The number of aromatic nitrogens is 2. The molecule has 9 heteroatoms. The average Bonchev–Trinajstić information content (AvgIpc) is 3.03. The number of nitrogens with two attached hydrogens (primary N) is 1. The highest BCUT2D eigenvalue weighted by Gasteiger charge is 2.11. The summed E-state index contributed by atoms with van der Waals surface area (Å²) in [7, 11) is 0. The average molecular weight is 390 g/mol. The van der Waals surface area contributed by atoms with Gasteiger partial charge in [0.25, 0.3) is 0 Å². The first-order chi connectivity index (χ1) is 12.5. The van der Waals surface area contributed by atoms with E-state index in [1.54, 1.807) is 23.5 Å². The van der Waals surface area contributed by atoms with E-state index in [0.717, 1.165) is 25.7 Å². The lowest BCUT2D eigenvalue weighted by Gasteiger charge is -2.02. The number of hydrogen-bond donors (Lipinski definition) is 2. The smallest absolute Gasteiger partial charge is 0.318 e. The molecule has 0 aliphatic carbocycles. The quantitative estimate of drug-likeness (QED) is 0.381. The number of carbonyl (C=O) groups is 2. The maximum absolute atomic E-state index is 13.1. The highest BCUT2D eigenvalue weighted by atomic mass is 32.2. The first-order valence-electron chi connectivity index (χ1n) is 7.75. The van der Waals surface area contributed by atoms with Crippen LogP contribution >= 0.6 is 23.1 Å². The minimum atomic E-state index is -0.841. The Morgan fingerprint density at radius 3 is 2.73 bits per heavy atom. The predicted octanol–water partition coefficient (Wildman–Crippen LogP) is 3.56. The zero-order valence-corrected chi connectivity index (χ0v) is 15.2. The lowest BCUT2D eigenvalue weighted by Crippen LogP contribution is -2.34. The van der Waals surface area contributed by atoms with Crippen LogP contribution < -0.4 is 11.1 Å². The highest BCUT2D eigenvalue weighted by Crippen LogP contribution is 2.37.